The summed E-state index contributed by atoms with van der Waals surface area (Å²) >= 11 is 0. The van der Waals surface area contributed by atoms with Gasteiger partial charge in [-0.05, 0) is 50.1 Å². The van der Waals surface area contributed by atoms with Crippen LogP contribution in [-0.4, -0.2) is 23.1 Å². The summed E-state index contributed by atoms with van der Waals surface area (Å²) in [5, 5.41) is 3.11. The molecule has 0 unspecified atom stereocenters. The number of rotatable bonds is 7. The van der Waals surface area contributed by atoms with Gasteiger partial charge in [-0.15, -0.1) is 0 Å². The van der Waals surface area contributed by atoms with E-state index in [1.54, 1.807) is 7.11 Å². The van der Waals surface area contributed by atoms with Crippen LogP contribution in [0.15, 0.2) is 48.8 Å². The standard InChI is InChI=1S/C19H26N2O2/c1-5-19(2,3)20-18(22)14-17(21-12-6-7-13-21)15-8-10-16(23-4)11-9-15/h6-13,17H,5,14H2,1-4H3,(H,20,22)/t17-/m0/s1. The Morgan fingerprint density at radius 3 is 2.35 bits per heavy atom. The smallest absolute Gasteiger partial charge is 0.222 e. The first-order valence-electron chi connectivity index (χ1n) is 8.02. The van der Waals surface area contributed by atoms with Gasteiger partial charge in [0.05, 0.1) is 19.6 Å². The maximum Gasteiger partial charge on any atom is 0.222 e. The van der Waals surface area contributed by atoms with Crippen LogP contribution in [0.2, 0.25) is 0 Å². The highest BCUT2D eigenvalue weighted by atomic mass is 16.5. The molecule has 0 aliphatic heterocycles. The minimum absolute atomic E-state index is 0.0245. The normalized spacial score (nSPS) is 12.7. The Hall–Kier alpha value is -2.23. The van der Waals surface area contributed by atoms with Crippen LogP contribution in [0, 0.1) is 0 Å². The Bertz CT molecular complexity index is 615. The first kappa shape index (κ1) is 17.1. The van der Waals surface area contributed by atoms with Crippen molar-refractivity contribution in [2.75, 3.05) is 7.11 Å². The largest absolute Gasteiger partial charge is 0.497 e. The molecular formula is C19H26N2O2. The Morgan fingerprint density at radius 2 is 1.83 bits per heavy atom. The zero-order valence-electron chi connectivity index (χ0n) is 14.4. The fourth-order valence-corrected chi connectivity index (χ4v) is 2.47. The molecule has 23 heavy (non-hydrogen) atoms. The first-order valence-corrected chi connectivity index (χ1v) is 8.02. The molecule has 0 saturated heterocycles. The van der Waals surface area contributed by atoms with E-state index in [9.17, 15) is 4.79 Å². The Labute approximate surface area is 138 Å². The SMILES string of the molecule is CCC(C)(C)NC(=O)C[C@@H](c1ccc(OC)cc1)n1cccc1. The molecule has 0 aliphatic carbocycles. The highest BCUT2D eigenvalue weighted by Crippen LogP contribution is 2.25. The third-order valence-electron chi connectivity index (χ3n) is 4.23. The highest BCUT2D eigenvalue weighted by Gasteiger charge is 2.22. The molecule has 4 nitrogen and oxygen atoms in total. The summed E-state index contributed by atoms with van der Waals surface area (Å²) in [5.41, 5.74) is 0.907. The molecule has 0 saturated carbocycles. The Kier molecular flexibility index (Phi) is 5.48. The molecule has 1 heterocycles. The molecule has 124 valence electrons. The van der Waals surface area contributed by atoms with Gasteiger partial charge in [0.25, 0.3) is 0 Å². The van der Waals surface area contributed by atoms with Gasteiger partial charge in [0, 0.05) is 17.9 Å². The van der Waals surface area contributed by atoms with Gasteiger partial charge in [0.15, 0.2) is 0 Å². The second-order valence-corrected chi connectivity index (χ2v) is 6.41. The average Bonchev–Trinajstić information content (AvgIpc) is 3.06. The minimum Gasteiger partial charge on any atom is -0.497 e. The minimum atomic E-state index is -0.182. The number of ether oxygens (including phenoxy) is 1. The van der Waals surface area contributed by atoms with Crippen LogP contribution in [0.3, 0.4) is 0 Å². The Balaban J connectivity index is 2.20. The number of nitrogens with zero attached hydrogens (tertiary/aromatic N) is 1. The van der Waals surface area contributed by atoms with Crippen molar-refractivity contribution in [1.29, 1.82) is 0 Å². The number of carbonyl (C=O) groups excluding carboxylic acids is 1. The van der Waals surface area contributed by atoms with E-state index in [1.165, 1.54) is 0 Å². The summed E-state index contributed by atoms with van der Waals surface area (Å²) in [6.07, 6.45) is 5.29. The molecule has 2 aromatic rings. The summed E-state index contributed by atoms with van der Waals surface area (Å²) in [6.45, 7) is 6.17. The van der Waals surface area contributed by atoms with Gasteiger partial charge >= 0.3 is 0 Å². The van der Waals surface area contributed by atoms with Gasteiger partial charge in [-0.25, -0.2) is 0 Å². The molecule has 4 heteroatoms. The van der Waals surface area contributed by atoms with E-state index in [1.807, 2.05) is 62.6 Å². The number of amides is 1. The molecule has 0 radical (unpaired) electrons. The molecule has 1 N–H and O–H groups in total. The molecular weight excluding hydrogens is 288 g/mol. The van der Waals surface area contributed by atoms with Gasteiger partial charge in [0.2, 0.25) is 5.91 Å². The van der Waals surface area contributed by atoms with Gasteiger partial charge in [0.1, 0.15) is 5.75 Å². The maximum absolute atomic E-state index is 12.5. The maximum atomic E-state index is 12.5. The number of hydrogen-bond donors (Lipinski definition) is 1. The monoisotopic (exact) mass is 314 g/mol. The van der Waals surface area contributed by atoms with E-state index in [4.69, 9.17) is 4.74 Å². The first-order chi connectivity index (χ1) is 10.9. The van der Waals surface area contributed by atoms with Crippen molar-refractivity contribution in [1.82, 2.24) is 9.88 Å². The van der Waals surface area contributed by atoms with E-state index in [-0.39, 0.29) is 17.5 Å². The molecule has 0 spiro atoms. The number of benzene rings is 1. The summed E-state index contributed by atoms with van der Waals surface area (Å²) in [5.74, 6) is 0.878. The zero-order chi connectivity index (χ0) is 16.9. The third-order valence-corrected chi connectivity index (χ3v) is 4.23. The van der Waals surface area contributed by atoms with Crippen LogP contribution in [-0.2, 0) is 4.79 Å². The quantitative estimate of drug-likeness (QED) is 0.845. The second-order valence-electron chi connectivity index (χ2n) is 6.41. The summed E-state index contributed by atoms with van der Waals surface area (Å²) < 4.78 is 7.28. The van der Waals surface area contributed by atoms with Crippen molar-refractivity contribution in [3.05, 3.63) is 54.4 Å². The molecule has 0 fully saturated rings. The summed E-state index contributed by atoms with van der Waals surface area (Å²) in [7, 11) is 1.65. The van der Waals surface area contributed by atoms with E-state index in [0.717, 1.165) is 17.7 Å². The third kappa shape index (κ3) is 4.62. The predicted octanol–water partition coefficient (Wildman–Crippen LogP) is 3.78. The van der Waals surface area contributed by atoms with Crippen LogP contribution in [0.5, 0.6) is 5.75 Å². The van der Waals surface area contributed by atoms with Crippen LogP contribution >= 0.6 is 0 Å². The van der Waals surface area contributed by atoms with Crippen LogP contribution in [0.4, 0.5) is 0 Å². The van der Waals surface area contributed by atoms with Crippen molar-refractivity contribution >= 4 is 5.91 Å². The zero-order valence-corrected chi connectivity index (χ0v) is 14.4. The molecule has 0 aliphatic rings. The van der Waals surface area contributed by atoms with Crippen molar-refractivity contribution in [3.63, 3.8) is 0 Å². The van der Waals surface area contributed by atoms with E-state index < -0.39 is 0 Å². The number of nitrogens with one attached hydrogen (secondary N) is 1. The van der Waals surface area contributed by atoms with Crippen molar-refractivity contribution < 1.29 is 9.53 Å². The number of carbonyl (C=O) groups is 1. The summed E-state index contributed by atoms with van der Waals surface area (Å²) in [6, 6.07) is 11.8. The summed E-state index contributed by atoms with van der Waals surface area (Å²) in [4.78, 5) is 12.5. The predicted molar refractivity (Wildman–Crippen MR) is 92.7 cm³/mol. The number of methoxy groups -OCH3 is 1. The van der Waals surface area contributed by atoms with Gasteiger partial charge in [-0.3, -0.25) is 4.79 Å². The second kappa shape index (κ2) is 7.36. The average molecular weight is 314 g/mol. The van der Waals surface area contributed by atoms with Crippen LogP contribution in [0.1, 0.15) is 45.2 Å². The van der Waals surface area contributed by atoms with E-state index in [2.05, 4.69) is 16.8 Å². The Morgan fingerprint density at radius 1 is 1.22 bits per heavy atom. The topological polar surface area (TPSA) is 43.3 Å². The van der Waals surface area contributed by atoms with Crippen molar-refractivity contribution in [3.8, 4) is 5.75 Å². The lowest BCUT2D eigenvalue weighted by Crippen LogP contribution is -2.43. The lowest BCUT2D eigenvalue weighted by molar-refractivity contribution is -0.123. The molecule has 0 bridgehead atoms. The number of aromatic nitrogens is 1. The fourth-order valence-electron chi connectivity index (χ4n) is 2.47. The molecule has 1 amide bonds. The van der Waals surface area contributed by atoms with Gasteiger partial charge in [-0.1, -0.05) is 19.1 Å². The van der Waals surface area contributed by atoms with Crippen LogP contribution < -0.4 is 10.1 Å². The fraction of sp³-hybridized carbons (Fsp3) is 0.421. The van der Waals surface area contributed by atoms with E-state index in [0.29, 0.717) is 6.42 Å². The molecule has 1 atom stereocenters. The van der Waals surface area contributed by atoms with Gasteiger partial charge < -0.3 is 14.6 Å². The van der Waals surface area contributed by atoms with Crippen molar-refractivity contribution in [2.24, 2.45) is 0 Å². The lowest BCUT2D eigenvalue weighted by atomic mass is 9.99. The molecule has 1 aromatic carbocycles. The van der Waals surface area contributed by atoms with Crippen molar-refractivity contribution in [2.45, 2.75) is 45.2 Å². The number of hydrogen-bond acceptors (Lipinski definition) is 2. The molecule has 2 rings (SSSR count). The molecule has 1 aromatic heterocycles. The van der Waals surface area contributed by atoms with E-state index >= 15 is 0 Å². The highest BCUT2D eigenvalue weighted by molar-refractivity contribution is 5.77. The van der Waals surface area contributed by atoms with Crippen LogP contribution in [0.25, 0.3) is 0 Å². The lowest BCUT2D eigenvalue weighted by Gasteiger charge is -2.26. The van der Waals surface area contributed by atoms with Gasteiger partial charge in [-0.2, -0.15) is 0 Å².